The van der Waals surface area contributed by atoms with Gasteiger partial charge in [0.05, 0.1) is 0 Å². The van der Waals surface area contributed by atoms with Gasteiger partial charge in [0.15, 0.2) is 0 Å². The van der Waals surface area contributed by atoms with E-state index < -0.39 is 0 Å². The summed E-state index contributed by atoms with van der Waals surface area (Å²) in [6.45, 7) is 13.1. The van der Waals surface area contributed by atoms with Gasteiger partial charge in [0.1, 0.15) is 0 Å². The van der Waals surface area contributed by atoms with E-state index in [1.165, 1.54) is 44.6 Å². The Bertz CT molecular complexity index is 233. The molecule has 3 unspecified atom stereocenters. The van der Waals surface area contributed by atoms with Gasteiger partial charge in [-0.05, 0) is 43.2 Å². The minimum atomic E-state index is 0.695. The molecule has 0 radical (unpaired) electrons. The van der Waals surface area contributed by atoms with Crippen molar-refractivity contribution in [1.29, 1.82) is 0 Å². The van der Waals surface area contributed by atoms with E-state index in [0.717, 1.165) is 17.9 Å². The second-order valence-corrected chi connectivity index (χ2v) is 7.39. The monoisotopic (exact) mass is 286 g/mol. The number of hydrogen-bond acceptors (Lipinski definition) is 3. The molecule has 2 nitrogen and oxygen atoms in total. The van der Waals surface area contributed by atoms with Crippen molar-refractivity contribution in [2.24, 2.45) is 11.8 Å². The highest BCUT2D eigenvalue weighted by molar-refractivity contribution is 7.98. The van der Waals surface area contributed by atoms with Crippen molar-refractivity contribution in [1.82, 2.24) is 10.2 Å². The van der Waals surface area contributed by atoms with Crippen LogP contribution in [0.2, 0.25) is 0 Å². The molecule has 0 aliphatic carbocycles. The molecule has 0 spiro atoms. The number of piperazine rings is 1. The maximum atomic E-state index is 3.79. The highest BCUT2D eigenvalue weighted by atomic mass is 32.2. The predicted octanol–water partition coefficient (Wildman–Crippen LogP) is 3.47. The first-order valence-electron chi connectivity index (χ1n) is 8.06. The summed E-state index contributed by atoms with van der Waals surface area (Å²) >= 11 is 1.97. The van der Waals surface area contributed by atoms with E-state index in [1.807, 2.05) is 11.8 Å². The van der Waals surface area contributed by atoms with Gasteiger partial charge >= 0.3 is 0 Å². The molecule has 0 amide bonds. The Balaban J connectivity index is 2.48. The van der Waals surface area contributed by atoms with Gasteiger partial charge in [-0.2, -0.15) is 11.8 Å². The first-order valence-corrected chi connectivity index (χ1v) is 9.45. The molecule has 1 aliphatic heterocycles. The van der Waals surface area contributed by atoms with Crippen LogP contribution in [0.1, 0.15) is 47.0 Å². The maximum Gasteiger partial charge on any atom is 0.0244 e. The standard InChI is InChI=1S/C16H34N2S/c1-6-14(4)15-12-18(9-7-8-10-19-5)16(11-17-15)13(2)3/h13-17H,6-12H2,1-5H3. The average Bonchev–Trinajstić information content (AvgIpc) is 2.42. The Morgan fingerprint density at radius 3 is 2.58 bits per heavy atom. The third kappa shape index (κ3) is 5.65. The van der Waals surface area contributed by atoms with Crippen molar-refractivity contribution in [2.75, 3.05) is 31.6 Å². The van der Waals surface area contributed by atoms with Gasteiger partial charge < -0.3 is 5.32 Å². The summed E-state index contributed by atoms with van der Waals surface area (Å²) in [5.74, 6) is 2.86. The maximum absolute atomic E-state index is 3.79. The normalized spacial score (nSPS) is 26.8. The molecule has 1 fully saturated rings. The molecule has 0 aromatic rings. The molecule has 1 N–H and O–H groups in total. The van der Waals surface area contributed by atoms with Crippen LogP contribution in [-0.2, 0) is 0 Å². The number of rotatable bonds is 8. The SMILES string of the molecule is CCC(C)C1CN(CCCCSC)C(C(C)C)CN1. The predicted molar refractivity (Wildman–Crippen MR) is 89.1 cm³/mol. The topological polar surface area (TPSA) is 15.3 Å². The minimum absolute atomic E-state index is 0.695. The zero-order chi connectivity index (χ0) is 14.3. The molecule has 1 aliphatic rings. The Morgan fingerprint density at radius 2 is 2.00 bits per heavy atom. The van der Waals surface area contributed by atoms with Crippen LogP contribution in [-0.4, -0.2) is 48.6 Å². The molecule has 1 saturated heterocycles. The minimum Gasteiger partial charge on any atom is -0.311 e. The van der Waals surface area contributed by atoms with Crippen LogP contribution in [0, 0.1) is 11.8 Å². The van der Waals surface area contributed by atoms with Crippen molar-refractivity contribution < 1.29 is 0 Å². The molecule has 3 atom stereocenters. The van der Waals surface area contributed by atoms with Crippen LogP contribution < -0.4 is 5.32 Å². The van der Waals surface area contributed by atoms with E-state index in [2.05, 4.69) is 44.2 Å². The highest BCUT2D eigenvalue weighted by Crippen LogP contribution is 2.20. The van der Waals surface area contributed by atoms with Crippen LogP contribution in [0.5, 0.6) is 0 Å². The zero-order valence-electron chi connectivity index (χ0n) is 13.6. The first kappa shape index (κ1) is 17.3. The summed E-state index contributed by atoms with van der Waals surface area (Å²) in [6, 6.07) is 1.43. The quantitative estimate of drug-likeness (QED) is 0.688. The fourth-order valence-corrected chi connectivity index (χ4v) is 3.49. The molecule has 0 bridgehead atoms. The Hall–Kier alpha value is 0.270. The molecule has 0 saturated carbocycles. The summed E-state index contributed by atoms with van der Waals surface area (Å²) in [5, 5.41) is 3.79. The lowest BCUT2D eigenvalue weighted by Gasteiger charge is -2.44. The molecule has 1 heterocycles. The van der Waals surface area contributed by atoms with E-state index in [-0.39, 0.29) is 0 Å². The lowest BCUT2D eigenvalue weighted by molar-refractivity contribution is 0.0808. The van der Waals surface area contributed by atoms with Crippen molar-refractivity contribution in [3.8, 4) is 0 Å². The van der Waals surface area contributed by atoms with Gasteiger partial charge in [-0.3, -0.25) is 4.90 Å². The second kappa shape index (κ2) is 9.25. The highest BCUT2D eigenvalue weighted by Gasteiger charge is 2.31. The molecule has 3 heteroatoms. The summed E-state index contributed by atoms with van der Waals surface area (Å²) in [6.07, 6.45) is 6.21. The van der Waals surface area contributed by atoms with E-state index in [4.69, 9.17) is 0 Å². The Labute approximate surface area is 125 Å². The molecular weight excluding hydrogens is 252 g/mol. The lowest BCUT2D eigenvalue weighted by atomic mass is 9.92. The van der Waals surface area contributed by atoms with Gasteiger partial charge in [0, 0.05) is 25.2 Å². The second-order valence-electron chi connectivity index (χ2n) is 6.41. The Kier molecular flexibility index (Phi) is 8.43. The van der Waals surface area contributed by atoms with Crippen molar-refractivity contribution >= 4 is 11.8 Å². The zero-order valence-corrected chi connectivity index (χ0v) is 14.4. The van der Waals surface area contributed by atoms with Crippen molar-refractivity contribution in [3.05, 3.63) is 0 Å². The number of thioether (sulfide) groups is 1. The van der Waals surface area contributed by atoms with Crippen molar-refractivity contribution in [2.45, 2.75) is 59.0 Å². The van der Waals surface area contributed by atoms with Crippen LogP contribution in [0.3, 0.4) is 0 Å². The molecule has 1 rings (SSSR count). The van der Waals surface area contributed by atoms with Crippen molar-refractivity contribution in [3.63, 3.8) is 0 Å². The molecule has 0 aromatic carbocycles. The van der Waals surface area contributed by atoms with Gasteiger partial charge in [-0.1, -0.05) is 34.1 Å². The lowest BCUT2D eigenvalue weighted by Crippen LogP contribution is -2.60. The largest absolute Gasteiger partial charge is 0.311 e. The van der Waals surface area contributed by atoms with Crippen LogP contribution in [0.15, 0.2) is 0 Å². The van der Waals surface area contributed by atoms with Gasteiger partial charge in [-0.25, -0.2) is 0 Å². The fourth-order valence-electron chi connectivity index (χ4n) is 3.00. The van der Waals surface area contributed by atoms with Gasteiger partial charge in [0.25, 0.3) is 0 Å². The van der Waals surface area contributed by atoms with E-state index in [0.29, 0.717) is 6.04 Å². The molecule has 114 valence electrons. The molecule has 19 heavy (non-hydrogen) atoms. The van der Waals surface area contributed by atoms with Crippen LogP contribution in [0.25, 0.3) is 0 Å². The van der Waals surface area contributed by atoms with E-state index in [9.17, 15) is 0 Å². The van der Waals surface area contributed by atoms with Crippen LogP contribution in [0.4, 0.5) is 0 Å². The third-order valence-electron chi connectivity index (χ3n) is 4.63. The third-order valence-corrected chi connectivity index (χ3v) is 5.33. The van der Waals surface area contributed by atoms with Gasteiger partial charge in [0.2, 0.25) is 0 Å². The summed E-state index contributed by atoms with van der Waals surface area (Å²) in [7, 11) is 0. The fraction of sp³-hybridized carbons (Fsp3) is 1.00. The summed E-state index contributed by atoms with van der Waals surface area (Å²) < 4.78 is 0. The smallest absolute Gasteiger partial charge is 0.0244 e. The number of nitrogens with zero attached hydrogens (tertiary/aromatic N) is 1. The molecular formula is C16H34N2S. The number of hydrogen-bond donors (Lipinski definition) is 1. The number of nitrogens with one attached hydrogen (secondary N) is 1. The van der Waals surface area contributed by atoms with Crippen LogP contribution >= 0.6 is 11.8 Å². The summed E-state index contributed by atoms with van der Waals surface area (Å²) in [5.41, 5.74) is 0. The van der Waals surface area contributed by atoms with E-state index in [1.54, 1.807) is 0 Å². The first-order chi connectivity index (χ1) is 9.10. The molecule has 0 aromatic heterocycles. The number of unbranched alkanes of at least 4 members (excludes halogenated alkanes) is 1. The average molecular weight is 287 g/mol. The summed E-state index contributed by atoms with van der Waals surface area (Å²) in [4.78, 5) is 2.76. The van der Waals surface area contributed by atoms with Gasteiger partial charge in [-0.15, -0.1) is 0 Å². The van der Waals surface area contributed by atoms with E-state index >= 15 is 0 Å². The Morgan fingerprint density at radius 1 is 1.26 bits per heavy atom.